The highest BCUT2D eigenvalue weighted by molar-refractivity contribution is 9.10. The molecule has 0 aliphatic carbocycles. The van der Waals surface area contributed by atoms with E-state index >= 15 is 0 Å². The molecule has 1 aromatic rings. The van der Waals surface area contributed by atoms with Gasteiger partial charge in [0, 0.05) is 14.1 Å². The zero-order valence-electron chi connectivity index (χ0n) is 6.63. The number of aromatic amines is 1. The molecule has 0 aromatic carbocycles. The number of anilines is 1. The van der Waals surface area contributed by atoms with Gasteiger partial charge in [0.05, 0.1) is 4.47 Å². The first-order valence-electron chi connectivity index (χ1n) is 3.18. The zero-order chi connectivity index (χ0) is 9.30. The van der Waals surface area contributed by atoms with E-state index in [-0.39, 0.29) is 5.69 Å². The van der Waals surface area contributed by atoms with E-state index in [0.717, 1.165) is 0 Å². The van der Waals surface area contributed by atoms with E-state index in [0.29, 0.717) is 10.3 Å². The Kier molecular flexibility index (Phi) is 2.37. The van der Waals surface area contributed by atoms with Crippen LogP contribution in [0.25, 0.3) is 0 Å². The molecule has 0 amide bonds. The lowest BCUT2D eigenvalue weighted by Gasteiger charge is -2.07. The number of carboxylic acids is 1. The predicted molar refractivity (Wildman–Crippen MR) is 47.6 cm³/mol. The number of rotatable bonds is 2. The van der Waals surface area contributed by atoms with Crippen LogP contribution in [0.15, 0.2) is 4.47 Å². The molecule has 0 spiro atoms. The van der Waals surface area contributed by atoms with Crippen LogP contribution in [-0.2, 0) is 0 Å². The van der Waals surface area contributed by atoms with Crippen molar-refractivity contribution < 1.29 is 9.90 Å². The molecule has 0 fully saturated rings. The van der Waals surface area contributed by atoms with E-state index in [4.69, 9.17) is 5.11 Å². The number of nitrogens with one attached hydrogen (secondary N) is 1. The zero-order valence-corrected chi connectivity index (χ0v) is 8.21. The highest BCUT2D eigenvalue weighted by Gasteiger charge is 2.16. The minimum atomic E-state index is -1.03. The molecule has 0 atom stereocenters. The summed E-state index contributed by atoms with van der Waals surface area (Å²) >= 11 is 3.14. The SMILES string of the molecule is CN(C)c1n[nH]c(C(=O)O)c1Br. The molecule has 0 aliphatic heterocycles. The van der Waals surface area contributed by atoms with Crippen LogP contribution in [0.2, 0.25) is 0 Å². The molecule has 0 radical (unpaired) electrons. The number of H-pyrrole nitrogens is 1. The summed E-state index contributed by atoms with van der Waals surface area (Å²) in [5.41, 5.74) is 0.0682. The van der Waals surface area contributed by atoms with Crippen LogP contribution in [-0.4, -0.2) is 35.4 Å². The molecular weight excluding hydrogens is 226 g/mol. The lowest BCUT2D eigenvalue weighted by atomic mass is 10.4. The largest absolute Gasteiger partial charge is 0.476 e. The third kappa shape index (κ3) is 1.42. The standard InChI is InChI=1S/C6H8BrN3O2/c1-10(2)5-3(7)4(6(11)12)8-9-5/h1-2H3,(H,8,9)(H,11,12). The highest BCUT2D eigenvalue weighted by Crippen LogP contribution is 2.25. The van der Waals surface area contributed by atoms with Crippen LogP contribution in [0.1, 0.15) is 10.5 Å². The van der Waals surface area contributed by atoms with Gasteiger partial charge in [-0.3, -0.25) is 5.10 Å². The molecule has 2 N–H and O–H groups in total. The maximum absolute atomic E-state index is 10.5. The van der Waals surface area contributed by atoms with Gasteiger partial charge in [-0.15, -0.1) is 0 Å². The fourth-order valence-corrected chi connectivity index (χ4v) is 1.46. The lowest BCUT2D eigenvalue weighted by molar-refractivity contribution is 0.0689. The number of hydrogen-bond acceptors (Lipinski definition) is 3. The summed E-state index contributed by atoms with van der Waals surface area (Å²) in [6.07, 6.45) is 0. The van der Waals surface area contributed by atoms with E-state index in [2.05, 4.69) is 26.1 Å². The number of nitrogens with zero attached hydrogens (tertiary/aromatic N) is 2. The molecule has 0 saturated heterocycles. The van der Waals surface area contributed by atoms with E-state index in [9.17, 15) is 4.79 Å². The van der Waals surface area contributed by atoms with Crippen molar-refractivity contribution in [3.8, 4) is 0 Å². The molecule has 12 heavy (non-hydrogen) atoms. The Morgan fingerprint density at radius 3 is 2.50 bits per heavy atom. The summed E-state index contributed by atoms with van der Waals surface area (Å²) in [5.74, 6) is -0.449. The molecule has 66 valence electrons. The van der Waals surface area contributed by atoms with E-state index in [1.165, 1.54) is 0 Å². The van der Waals surface area contributed by atoms with E-state index in [1.54, 1.807) is 19.0 Å². The molecule has 0 aliphatic rings. The topological polar surface area (TPSA) is 69.2 Å². The second-order valence-corrected chi connectivity index (χ2v) is 3.23. The van der Waals surface area contributed by atoms with Crippen molar-refractivity contribution >= 4 is 27.7 Å². The van der Waals surface area contributed by atoms with Crippen LogP contribution >= 0.6 is 15.9 Å². The minimum absolute atomic E-state index is 0.0682. The number of aromatic carboxylic acids is 1. The van der Waals surface area contributed by atoms with Gasteiger partial charge in [-0.25, -0.2) is 4.79 Å². The Labute approximate surface area is 77.5 Å². The van der Waals surface area contributed by atoms with Crippen LogP contribution in [0, 0.1) is 0 Å². The quantitative estimate of drug-likeness (QED) is 0.798. The number of aromatic nitrogens is 2. The van der Waals surface area contributed by atoms with E-state index in [1.807, 2.05) is 0 Å². The first-order valence-corrected chi connectivity index (χ1v) is 3.97. The molecular formula is C6H8BrN3O2. The summed E-state index contributed by atoms with van der Waals surface area (Å²) in [5, 5.41) is 14.9. The Morgan fingerprint density at radius 1 is 1.67 bits per heavy atom. The predicted octanol–water partition coefficient (Wildman–Crippen LogP) is 0.936. The summed E-state index contributed by atoms with van der Waals surface area (Å²) in [6.45, 7) is 0. The highest BCUT2D eigenvalue weighted by atomic mass is 79.9. The minimum Gasteiger partial charge on any atom is -0.476 e. The van der Waals surface area contributed by atoms with Crippen molar-refractivity contribution in [2.45, 2.75) is 0 Å². The summed E-state index contributed by atoms with van der Waals surface area (Å²) < 4.78 is 0.472. The van der Waals surface area contributed by atoms with Crippen molar-refractivity contribution in [1.29, 1.82) is 0 Å². The fraction of sp³-hybridized carbons (Fsp3) is 0.333. The van der Waals surface area contributed by atoms with Crippen molar-refractivity contribution in [1.82, 2.24) is 10.2 Å². The average molecular weight is 234 g/mol. The molecule has 5 nitrogen and oxygen atoms in total. The Bertz CT molecular complexity index is 308. The van der Waals surface area contributed by atoms with Gasteiger partial charge in [-0.05, 0) is 15.9 Å². The molecule has 0 bridgehead atoms. The fourth-order valence-electron chi connectivity index (χ4n) is 0.757. The van der Waals surface area contributed by atoms with Crippen molar-refractivity contribution in [3.05, 3.63) is 10.2 Å². The molecule has 1 aromatic heterocycles. The lowest BCUT2D eigenvalue weighted by Crippen LogP contribution is -2.09. The van der Waals surface area contributed by atoms with Crippen LogP contribution in [0.5, 0.6) is 0 Å². The average Bonchev–Trinajstić information content (AvgIpc) is 2.30. The van der Waals surface area contributed by atoms with E-state index < -0.39 is 5.97 Å². The number of hydrogen-bond donors (Lipinski definition) is 2. The summed E-state index contributed by atoms with van der Waals surface area (Å²) in [6, 6.07) is 0. The number of carboxylic acid groups (broad SMARTS) is 1. The van der Waals surface area contributed by atoms with Gasteiger partial charge in [0.25, 0.3) is 0 Å². The van der Waals surface area contributed by atoms with Crippen molar-refractivity contribution in [2.24, 2.45) is 0 Å². The smallest absolute Gasteiger partial charge is 0.355 e. The van der Waals surface area contributed by atoms with Gasteiger partial charge in [-0.1, -0.05) is 0 Å². The maximum atomic E-state index is 10.5. The van der Waals surface area contributed by atoms with Gasteiger partial charge < -0.3 is 10.0 Å². The Balaban J connectivity index is 3.13. The third-order valence-electron chi connectivity index (χ3n) is 1.33. The molecule has 0 saturated carbocycles. The van der Waals surface area contributed by atoms with Gasteiger partial charge in [0.15, 0.2) is 11.5 Å². The number of halogens is 1. The van der Waals surface area contributed by atoms with Crippen LogP contribution < -0.4 is 4.90 Å². The normalized spacial score (nSPS) is 9.92. The third-order valence-corrected chi connectivity index (χ3v) is 2.08. The maximum Gasteiger partial charge on any atom is 0.355 e. The molecule has 6 heteroatoms. The second-order valence-electron chi connectivity index (χ2n) is 2.44. The number of carbonyl (C=O) groups is 1. The van der Waals surface area contributed by atoms with Crippen molar-refractivity contribution in [3.63, 3.8) is 0 Å². The molecule has 1 heterocycles. The van der Waals surface area contributed by atoms with Gasteiger partial charge in [0.1, 0.15) is 0 Å². The van der Waals surface area contributed by atoms with Gasteiger partial charge in [0.2, 0.25) is 0 Å². The second kappa shape index (κ2) is 3.14. The first kappa shape index (κ1) is 9.05. The molecule has 0 unspecified atom stereocenters. The van der Waals surface area contributed by atoms with Crippen molar-refractivity contribution in [2.75, 3.05) is 19.0 Å². The van der Waals surface area contributed by atoms with Gasteiger partial charge >= 0.3 is 5.97 Å². The Hall–Kier alpha value is -1.04. The van der Waals surface area contributed by atoms with Crippen LogP contribution in [0.3, 0.4) is 0 Å². The Morgan fingerprint density at radius 2 is 2.25 bits per heavy atom. The first-order chi connectivity index (χ1) is 5.54. The monoisotopic (exact) mass is 233 g/mol. The summed E-state index contributed by atoms with van der Waals surface area (Å²) in [7, 11) is 3.57. The summed E-state index contributed by atoms with van der Waals surface area (Å²) in [4.78, 5) is 12.3. The molecule has 1 rings (SSSR count). The van der Waals surface area contributed by atoms with Crippen LogP contribution in [0.4, 0.5) is 5.82 Å². The van der Waals surface area contributed by atoms with Gasteiger partial charge in [-0.2, -0.15) is 5.10 Å².